The van der Waals surface area contributed by atoms with Crippen molar-refractivity contribution in [2.24, 2.45) is 0 Å². The van der Waals surface area contributed by atoms with Crippen LogP contribution in [-0.2, 0) is 6.18 Å². The van der Waals surface area contributed by atoms with Crippen LogP contribution in [0.25, 0.3) is 0 Å². The first kappa shape index (κ1) is 17.5. The van der Waals surface area contributed by atoms with E-state index in [-0.39, 0.29) is 18.1 Å². The highest BCUT2D eigenvalue weighted by Gasteiger charge is 2.34. The van der Waals surface area contributed by atoms with Crippen LogP contribution in [0.2, 0.25) is 0 Å². The topological polar surface area (TPSA) is 84.1 Å². The lowest BCUT2D eigenvalue weighted by molar-refractivity contribution is -0.139. The largest absolute Gasteiger partial charge is 0.491 e. The third-order valence-corrected chi connectivity index (χ3v) is 2.97. The van der Waals surface area contributed by atoms with Crippen LogP contribution in [0.4, 0.5) is 13.2 Å². The molecule has 0 aliphatic heterocycles. The van der Waals surface area contributed by atoms with E-state index in [4.69, 9.17) is 4.74 Å². The molecule has 0 aliphatic carbocycles. The molecule has 0 saturated heterocycles. The normalized spacial score (nSPS) is 12.5. The maximum atomic E-state index is 12.8. The summed E-state index contributed by atoms with van der Waals surface area (Å²) in [5, 5.41) is 8.18. The van der Waals surface area contributed by atoms with Gasteiger partial charge in [-0.3, -0.25) is 9.59 Å². The fourth-order valence-electron chi connectivity index (χ4n) is 1.85. The van der Waals surface area contributed by atoms with Gasteiger partial charge in [0.05, 0.1) is 11.6 Å². The molecule has 1 amide bonds. The highest BCUT2D eigenvalue weighted by Crippen LogP contribution is 2.35. The lowest BCUT2D eigenvalue weighted by Gasteiger charge is -2.17. The van der Waals surface area contributed by atoms with Gasteiger partial charge >= 0.3 is 6.18 Å². The van der Waals surface area contributed by atoms with Gasteiger partial charge in [-0.05, 0) is 25.1 Å². The number of hydrogen-bond donors (Lipinski definition) is 2. The average Bonchev–Trinajstić information content (AvgIpc) is 2.53. The molecule has 2 N–H and O–H groups in total. The first-order valence-electron chi connectivity index (χ1n) is 6.93. The van der Waals surface area contributed by atoms with Crippen LogP contribution in [0.5, 0.6) is 5.75 Å². The number of nitrogens with one attached hydrogen (secondary N) is 2. The number of hydrogen-bond acceptors (Lipinski definition) is 4. The summed E-state index contributed by atoms with van der Waals surface area (Å²) < 4.78 is 43.7. The van der Waals surface area contributed by atoms with Crippen LogP contribution < -0.4 is 15.6 Å². The van der Waals surface area contributed by atoms with E-state index < -0.39 is 29.2 Å². The highest BCUT2D eigenvalue weighted by atomic mass is 19.4. The van der Waals surface area contributed by atoms with Crippen molar-refractivity contribution in [2.75, 3.05) is 6.61 Å². The second-order valence-electron chi connectivity index (χ2n) is 4.99. The van der Waals surface area contributed by atoms with Gasteiger partial charge < -0.3 is 10.1 Å². The number of aromatic nitrogens is 2. The minimum absolute atomic E-state index is 0.0165. The fourth-order valence-corrected chi connectivity index (χ4v) is 1.85. The van der Waals surface area contributed by atoms with Gasteiger partial charge in [-0.25, -0.2) is 5.10 Å². The molecule has 128 valence electrons. The number of H-pyrrole nitrogens is 1. The van der Waals surface area contributed by atoms with Crippen LogP contribution in [0.3, 0.4) is 0 Å². The zero-order valence-corrected chi connectivity index (χ0v) is 12.6. The van der Waals surface area contributed by atoms with Gasteiger partial charge in [0.15, 0.2) is 0 Å². The van der Waals surface area contributed by atoms with Gasteiger partial charge in [0.2, 0.25) is 0 Å². The van der Waals surface area contributed by atoms with E-state index in [2.05, 4.69) is 15.5 Å². The second kappa shape index (κ2) is 7.16. The van der Waals surface area contributed by atoms with Gasteiger partial charge in [0.1, 0.15) is 18.1 Å². The number of halogens is 3. The number of carbonyl (C=O) groups excluding carboxylic acids is 1. The van der Waals surface area contributed by atoms with E-state index in [1.807, 2.05) is 0 Å². The summed E-state index contributed by atoms with van der Waals surface area (Å²) in [5.41, 5.74) is -1.35. The minimum atomic E-state index is -4.52. The average molecular weight is 341 g/mol. The third kappa shape index (κ3) is 4.58. The minimum Gasteiger partial charge on any atom is -0.491 e. The van der Waals surface area contributed by atoms with Crippen molar-refractivity contribution in [2.45, 2.75) is 19.1 Å². The first-order valence-corrected chi connectivity index (χ1v) is 6.93. The number of ether oxygens (including phenoxy) is 1. The smallest absolute Gasteiger partial charge is 0.419 e. The molecular formula is C15H14F3N3O3. The number of aromatic amines is 1. The second-order valence-corrected chi connectivity index (χ2v) is 4.99. The molecule has 24 heavy (non-hydrogen) atoms. The van der Waals surface area contributed by atoms with Gasteiger partial charge in [0, 0.05) is 6.07 Å². The SMILES string of the molecule is CC(COc1ccccc1C(F)(F)F)NC(=O)c1ccc(=O)[nH]n1. The Kier molecular flexibility index (Phi) is 5.22. The molecule has 1 heterocycles. The van der Waals surface area contributed by atoms with Crippen LogP contribution in [0, 0.1) is 0 Å². The maximum Gasteiger partial charge on any atom is 0.419 e. The summed E-state index contributed by atoms with van der Waals surface area (Å²) >= 11 is 0. The standard InChI is InChI=1S/C15H14F3N3O3/c1-9(19-14(23)11-6-7-13(22)21-20-11)8-24-12-5-3-2-4-10(12)15(16,17)18/h2-7,9H,8H2,1H3,(H,19,23)(H,21,22). The number of amides is 1. The molecule has 2 rings (SSSR count). The summed E-state index contributed by atoms with van der Waals surface area (Å²) in [5.74, 6) is -0.889. The van der Waals surface area contributed by atoms with E-state index in [0.717, 1.165) is 12.1 Å². The van der Waals surface area contributed by atoms with Crippen molar-refractivity contribution < 1.29 is 22.7 Å². The molecule has 0 bridgehead atoms. The van der Waals surface area contributed by atoms with E-state index in [0.29, 0.717) is 0 Å². The molecule has 2 aromatic rings. The lowest BCUT2D eigenvalue weighted by atomic mass is 10.2. The summed E-state index contributed by atoms with van der Waals surface area (Å²) in [6, 6.07) is 6.63. The van der Waals surface area contributed by atoms with Crippen LogP contribution in [0.15, 0.2) is 41.2 Å². The van der Waals surface area contributed by atoms with Gasteiger partial charge in [-0.2, -0.15) is 18.3 Å². The summed E-state index contributed by atoms with van der Waals surface area (Å²) in [6.07, 6.45) is -4.52. The van der Waals surface area contributed by atoms with Crippen molar-refractivity contribution in [1.82, 2.24) is 15.5 Å². The molecule has 0 saturated carbocycles. The Morgan fingerprint density at radius 3 is 2.62 bits per heavy atom. The molecule has 0 aliphatic rings. The summed E-state index contributed by atoms with van der Waals surface area (Å²) in [7, 11) is 0. The Bertz CT molecular complexity index is 754. The first-order chi connectivity index (χ1) is 11.3. The maximum absolute atomic E-state index is 12.8. The van der Waals surface area contributed by atoms with Gasteiger partial charge in [-0.15, -0.1) is 0 Å². The van der Waals surface area contributed by atoms with Crippen molar-refractivity contribution in [3.63, 3.8) is 0 Å². The Hall–Kier alpha value is -2.84. The van der Waals surface area contributed by atoms with E-state index in [1.54, 1.807) is 6.92 Å². The number of para-hydroxylation sites is 1. The molecule has 0 spiro atoms. The predicted octanol–water partition coefficient (Wildman–Crippen LogP) is 1.99. The van der Waals surface area contributed by atoms with Crippen molar-refractivity contribution >= 4 is 5.91 Å². The Morgan fingerprint density at radius 2 is 2.00 bits per heavy atom. The van der Waals surface area contributed by atoms with Crippen LogP contribution in [-0.4, -0.2) is 28.8 Å². The zero-order valence-electron chi connectivity index (χ0n) is 12.6. The van der Waals surface area contributed by atoms with Crippen LogP contribution >= 0.6 is 0 Å². The summed E-state index contributed by atoms with van der Waals surface area (Å²) in [6.45, 7) is 1.40. The Balaban J connectivity index is 1.96. The van der Waals surface area contributed by atoms with E-state index >= 15 is 0 Å². The molecular weight excluding hydrogens is 327 g/mol. The molecule has 0 fully saturated rings. The Morgan fingerprint density at radius 1 is 1.29 bits per heavy atom. The molecule has 0 radical (unpaired) electrons. The summed E-state index contributed by atoms with van der Waals surface area (Å²) in [4.78, 5) is 22.7. The number of alkyl halides is 3. The lowest BCUT2D eigenvalue weighted by Crippen LogP contribution is -2.37. The van der Waals surface area contributed by atoms with E-state index in [1.165, 1.54) is 24.3 Å². The molecule has 1 unspecified atom stereocenters. The number of benzene rings is 1. The third-order valence-electron chi connectivity index (χ3n) is 2.97. The van der Waals surface area contributed by atoms with Gasteiger partial charge in [-0.1, -0.05) is 12.1 Å². The molecule has 9 heteroatoms. The number of rotatable bonds is 5. The van der Waals surface area contributed by atoms with Crippen molar-refractivity contribution in [3.05, 3.63) is 58.0 Å². The highest BCUT2D eigenvalue weighted by molar-refractivity contribution is 5.92. The number of nitrogens with zero attached hydrogens (tertiary/aromatic N) is 1. The quantitative estimate of drug-likeness (QED) is 0.871. The predicted molar refractivity (Wildman–Crippen MR) is 78.7 cm³/mol. The molecule has 1 atom stereocenters. The zero-order chi connectivity index (χ0) is 17.7. The monoisotopic (exact) mass is 341 g/mol. The molecule has 1 aromatic heterocycles. The van der Waals surface area contributed by atoms with Gasteiger partial charge in [0.25, 0.3) is 11.5 Å². The Labute approximate surface area is 134 Å². The van der Waals surface area contributed by atoms with Crippen LogP contribution in [0.1, 0.15) is 23.0 Å². The van der Waals surface area contributed by atoms with E-state index in [9.17, 15) is 22.8 Å². The van der Waals surface area contributed by atoms with Crippen molar-refractivity contribution in [3.8, 4) is 5.75 Å². The molecule has 6 nitrogen and oxygen atoms in total. The molecule has 1 aromatic carbocycles. The fraction of sp³-hybridized carbons (Fsp3) is 0.267. The van der Waals surface area contributed by atoms with Crippen molar-refractivity contribution in [1.29, 1.82) is 0 Å². The number of carbonyl (C=O) groups is 1.